The average Bonchev–Trinajstić information content (AvgIpc) is 2.59. The Labute approximate surface area is 92.7 Å². The van der Waals surface area contributed by atoms with Crippen molar-refractivity contribution >= 4 is 17.7 Å². The van der Waals surface area contributed by atoms with Gasteiger partial charge in [-0.3, -0.25) is 4.90 Å². The maximum Gasteiger partial charge on any atom is 0.335 e. The average molecular weight is 220 g/mol. The fourth-order valence-corrected chi connectivity index (χ4v) is 1.77. The molecule has 0 unspecified atom stereocenters. The molecule has 5 heteroatoms. The van der Waals surface area contributed by atoms with Crippen molar-refractivity contribution < 1.29 is 14.7 Å². The van der Waals surface area contributed by atoms with Gasteiger partial charge in [0.2, 0.25) is 0 Å². The standard InChI is InChI=1S/C11H12N2O3/c1-7-6-12-11(16)13(7)9-4-2-3-8(5-9)10(14)15/h2-5,7H,6H2,1H3,(H,12,16)(H,14,15)/t7-/m0/s1. The van der Waals surface area contributed by atoms with Gasteiger partial charge in [0, 0.05) is 12.2 Å². The number of nitrogens with zero attached hydrogens (tertiary/aromatic N) is 1. The molecule has 1 aliphatic rings. The lowest BCUT2D eigenvalue weighted by Gasteiger charge is -2.19. The summed E-state index contributed by atoms with van der Waals surface area (Å²) in [6.07, 6.45) is 0. The van der Waals surface area contributed by atoms with E-state index in [9.17, 15) is 9.59 Å². The summed E-state index contributed by atoms with van der Waals surface area (Å²) < 4.78 is 0. The molecule has 1 heterocycles. The van der Waals surface area contributed by atoms with Crippen LogP contribution in [0.5, 0.6) is 0 Å². The van der Waals surface area contributed by atoms with E-state index in [0.717, 1.165) is 0 Å². The topological polar surface area (TPSA) is 69.6 Å². The maximum atomic E-state index is 11.5. The molecule has 2 N–H and O–H groups in total. The lowest BCUT2D eigenvalue weighted by Crippen LogP contribution is -2.32. The lowest BCUT2D eigenvalue weighted by atomic mass is 10.2. The number of nitrogens with one attached hydrogen (secondary N) is 1. The predicted octanol–water partition coefficient (Wildman–Crippen LogP) is 1.30. The summed E-state index contributed by atoms with van der Waals surface area (Å²) in [7, 11) is 0. The molecule has 1 fully saturated rings. The van der Waals surface area contributed by atoms with Crippen LogP contribution in [-0.2, 0) is 0 Å². The number of benzene rings is 1. The molecule has 84 valence electrons. The fourth-order valence-electron chi connectivity index (χ4n) is 1.77. The van der Waals surface area contributed by atoms with E-state index in [4.69, 9.17) is 5.11 Å². The second-order valence-corrected chi connectivity index (χ2v) is 3.76. The van der Waals surface area contributed by atoms with Crippen molar-refractivity contribution in [3.8, 4) is 0 Å². The highest BCUT2D eigenvalue weighted by Crippen LogP contribution is 2.21. The first kappa shape index (κ1) is 10.5. The molecule has 0 bridgehead atoms. The van der Waals surface area contributed by atoms with Crippen LogP contribution < -0.4 is 10.2 Å². The zero-order valence-corrected chi connectivity index (χ0v) is 8.80. The minimum absolute atomic E-state index is 0.0385. The number of rotatable bonds is 2. The first-order valence-corrected chi connectivity index (χ1v) is 5.00. The molecule has 1 atom stereocenters. The number of amides is 2. The zero-order valence-electron chi connectivity index (χ0n) is 8.80. The molecular weight excluding hydrogens is 208 g/mol. The van der Waals surface area contributed by atoms with Crippen LogP contribution in [0.2, 0.25) is 0 Å². The van der Waals surface area contributed by atoms with Crippen LogP contribution in [-0.4, -0.2) is 29.7 Å². The van der Waals surface area contributed by atoms with E-state index in [1.807, 2.05) is 6.92 Å². The lowest BCUT2D eigenvalue weighted by molar-refractivity contribution is 0.0697. The molecule has 5 nitrogen and oxygen atoms in total. The second-order valence-electron chi connectivity index (χ2n) is 3.76. The van der Waals surface area contributed by atoms with Crippen molar-refractivity contribution in [2.45, 2.75) is 13.0 Å². The predicted molar refractivity (Wildman–Crippen MR) is 58.7 cm³/mol. The van der Waals surface area contributed by atoms with Gasteiger partial charge in [-0.15, -0.1) is 0 Å². The monoisotopic (exact) mass is 220 g/mol. The van der Waals surface area contributed by atoms with Crippen molar-refractivity contribution in [3.05, 3.63) is 29.8 Å². The van der Waals surface area contributed by atoms with Crippen LogP contribution in [0.1, 0.15) is 17.3 Å². The van der Waals surface area contributed by atoms with Gasteiger partial charge in [0.05, 0.1) is 11.6 Å². The third kappa shape index (κ3) is 1.71. The Morgan fingerprint density at radius 2 is 2.31 bits per heavy atom. The molecule has 0 aliphatic carbocycles. The number of carbonyl (C=O) groups is 2. The van der Waals surface area contributed by atoms with Crippen molar-refractivity contribution in [2.24, 2.45) is 0 Å². The van der Waals surface area contributed by atoms with Crippen molar-refractivity contribution in [1.82, 2.24) is 5.32 Å². The summed E-state index contributed by atoms with van der Waals surface area (Å²) >= 11 is 0. The SMILES string of the molecule is C[C@H]1CNC(=O)N1c1cccc(C(=O)O)c1. The van der Waals surface area contributed by atoms with Crippen LogP contribution in [0.3, 0.4) is 0 Å². The van der Waals surface area contributed by atoms with Gasteiger partial charge in [-0.2, -0.15) is 0 Å². The van der Waals surface area contributed by atoms with Gasteiger partial charge in [-0.05, 0) is 25.1 Å². The van der Waals surface area contributed by atoms with E-state index in [-0.39, 0.29) is 17.6 Å². The maximum absolute atomic E-state index is 11.5. The van der Waals surface area contributed by atoms with Gasteiger partial charge in [-0.25, -0.2) is 9.59 Å². The highest BCUT2D eigenvalue weighted by molar-refractivity contribution is 5.96. The first-order valence-electron chi connectivity index (χ1n) is 5.00. The van der Waals surface area contributed by atoms with Gasteiger partial charge in [0.15, 0.2) is 0 Å². The first-order chi connectivity index (χ1) is 7.59. The Balaban J connectivity index is 2.36. The Hall–Kier alpha value is -2.04. The fraction of sp³-hybridized carbons (Fsp3) is 0.273. The molecular formula is C11H12N2O3. The molecule has 0 aromatic heterocycles. The summed E-state index contributed by atoms with van der Waals surface area (Å²) in [4.78, 5) is 23.9. The van der Waals surface area contributed by atoms with Gasteiger partial charge in [-0.1, -0.05) is 6.07 Å². The molecule has 1 aliphatic heterocycles. The molecule has 2 rings (SSSR count). The third-order valence-corrected chi connectivity index (χ3v) is 2.58. The van der Waals surface area contributed by atoms with Crippen LogP contribution in [0.15, 0.2) is 24.3 Å². The van der Waals surface area contributed by atoms with E-state index >= 15 is 0 Å². The number of carbonyl (C=O) groups excluding carboxylic acids is 1. The van der Waals surface area contributed by atoms with Gasteiger partial charge < -0.3 is 10.4 Å². The van der Waals surface area contributed by atoms with Crippen LogP contribution >= 0.6 is 0 Å². The number of urea groups is 1. The number of carboxylic acids is 1. The third-order valence-electron chi connectivity index (χ3n) is 2.58. The van der Waals surface area contributed by atoms with E-state index < -0.39 is 5.97 Å². The summed E-state index contributed by atoms with van der Waals surface area (Å²) in [5, 5.41) is 11.6. The summed E-state index contributed by atoms with van der Waals surface area (Å²) in [6, 6.07) is 6.23. The van der Waals surface area contributed by atoms with Crippen molar-refractivity contribution in [2.75, 3.05) is 11.4 Å². The second kappa shape index (κ2) is 3.84. The van der Waals surface area contributed by atoms with Crippen molar-refractivity contribution in [3.63, 3.8) is 0 Å². The molecule has 0 radical (unpaired) electrons. The smallest absolute Gasteiger partial charge is 0.335 e. The van der Waals surface area contributed by atoms with Crippen LogP contribution in [0, 0.1) is 0 Å². The van der Waals surface area contributed by atoms with E-state index in [2.05, 4.69) is 5.32 Å². The Morgan fingerprint density at radius 3 is 2.88 bits per heavy atom. The van der Waals surface area contributed by atoms with E-state index in [0.29, 0.717) is 12.2 Å². The number of aromatic carboxylic acids is 1. The van der Waals surface area contributed by atoms with Gasteiger partial charge in [0.1, 0.15) is 0 Å². The highest BCUT2D eigenvalue weighted by Gasteiger charge is 2.28. The minimum Gasteiger partial charge on any atom is -0.478 e. The summed E-state index contributed by atoms with van der Waals surface area (Å²) in [5.74, 6) is -0.992. The highest BCUT2D eigenvalue weighted by atomic mass is 16.4. The molecule has 16 heavy (non-hydrogen) atoms. The molecule has 1 aromatic carbocycles. The molecule has 0 spiro atoms. The van der Waals surface area contributed by atoms with Crippen LogP contribution in [0.4, 0.5) is 10.5 Å². The molecule has 1 saturated heterocycles. The number of anilines is 1. The Morgan fingerprint density at radius 1 is 1.56 bits per heavy atom. The quantitative estimate of drug-likeness (QED) is 0.789. The largest absolute Gasteiger partial charge is 0.478 e. The normalized spacial score (nSPS) is 19.7. The van der Waals surface area contributed by atoms with Crippen LogP contribution in [0.25, 0.3) is 0 Å². The molecule has 1 aromatic rings. The number of hydrogen-bond acceptors (Lipinski definition) is 2. The van der Waals surface area contributed by atoms with E-state index in [1.54, 1.807) is 17.0 Å². The van der Waals surface area contributed by atoms with Gasteiger partial charge >= 0.3 is 12.0 Å². The Kier molecular flexibility index (Phi) is 2.52. The van der Waals surface area contributed by atoms with Crippen molar-refractivity contribution in [1.29, 1.82) is 0 Å². The number of hydrogen-bond donors (Lipinski definition) is 2. The van der Waals surface area contributed by atoms with Gasteiger partial charge in [0.25, 0.3) is 0 Å². The summed E-state index contributed by atoms with van der Waals surface area (Å²) in [5.41, 5.74) is 0.798. The molecule has 2 amide bonds. The van der Waals surface area contributed by atoms with E-state index in [1.165, 1.54) is 12.1 Å². The molecule has 0 saturated carbocycles. The Bertz CT molecular complexity index is 445. The minimum atomic E-state index is -0.992. The zero-order chi connectivity index (χ0) is 11.7. The number of carboxylic acid groups (broad SMARTS) is 1. The summed E-state index contributed by atoms with van der Waals surface area (Å²) in [6.45, 7) is 2.49.